The monoisotopic (exact) mass is 435 g/mol. The topological polar surface area (TPSA) is 71.1 Å². The zero-order valence-electron chi connectivity index (χ0n) is 13.0. The summed E-state index contributed by atoms with van der Waals surface area (Å²) in [7, 11) is 0. The van der Waals surface area contributed by atoms with E-state index in [4.69, 9.17) is 0 Å². The van der Waals surface area contributed by atoms with Crippen LogP contribution in [0.2, 0.25) is 0 Å². The molecular formula is C17H14BrN3O2S2. The van der Waals surface area contributed by atoms with Gasteiger partial charge in [0, 0.05) is 4.47 Å². The molecule has 0 radical (unpaired) electrons. The zero-order chi connectivity index (χ0) is 17.6. The van der Waals surface area contributed by atoms with Crippen LogP contribution in [0.15, 0.2) is 57.3 Å². The molecule has 0 unspecified atom stereocenters. The van der Waals surface area contributed by atoms with Gasteiger partial charge in [0.1, 0.15) is 0 Å². The predicted molar refractivity (Wildman–Crippen MR) is 106 cm³/mol. The maximum atomic E-state index is 11.9. The van der Waals surface area contributed by atoms with Gasteiger partial charge in [-0.05, 0) is 40.2 Å². The number of carbonyl (C=O) groups excluding carboxylic acids is 2. The molecule has 0 fully saturated rings. The Bertz CT molecular complexity index is 881. The van der Waals surface area contributed by atoms with E-state index in [0.717, 1.165) is 19.0 Å². The van der Waals surface area contributed by atoms with Crippen LogP contribution in [-0.4, -0.2) is 29.1 Å². The average molecular weight is 436 g/mol. The van der Waals surface area contributed by atoms with Gasteiger partial charge in [0.05, 0.1) is 28.2 Å². The summed E-state index contributed by atoms with van der Waals surface area (Å²) in [6.45, 7) is -0.0689. The first-order chi connectivity index (χ1) is 12.1. The fraction of sp³-hybridized carbons (Fsp3) is 0.118. The van der Waals surface area contributed by atoms with E-state index in [-0.39, 0.29) is 24.1 Å². The van der Waals surface area contributed by atoms with Gasteiger partial charge in [0.25, 0.3) is 0 Å². The van der Waals surface area contributed by atoms with E-state index in [0.29, 0.717) is 5.69 Å². The third kappa shape index (κ3) is 5.04. The Morgan fingerprint density at radius 1 is 1.08 bits per heavy atom. The van der Waals surface area contributed by atoms with Crippen molar-refractivity contribution in [2.75, 3.05) is 17.6 Å². The number of thioether (sulfide) groups is 1. The molecular weight excluding hydrogens is 422 g/mol. The Labute approximate surface area is 161 Å². The highest BCUT2D eigenvalue weighted by molar-refractivity contribution is 9.10. The molecule has 0 aliphatic carbocycles. The van der Waals surface area contributed by atoms with Gasteiger partial charge in [-0.25, -0.2) is 4.98 Å². The molecule has 3 aromatic rings. The number of aromatic nitrogens is 1. The largest absolute Gasteiger partial charge is 0.346 e. The van der Waals surface area contributed by atoms with E-state index >= 15 is 0 Å². The SMILES string of the molecule is O=C(CSc1nc2ccccc2s1)NCC(=O)Nc1ccccc1Br. The van der Waals surface area contributed by atoms with Crippen LogP contribution in [0.1, 0.15) is 0 Å². The Hall–Kier alpha value is -1.90. The molecule has 0 saturated heterocycles. The van der Waals surface area contributed by atoms with Crippen LogP contribution in [0.25, 0.3) is 10.2 Å². The number of benzene rings is 2. The smallest absolute Gasteiger partial charge is 0.243 e. The quantitative estimate of drug-likeness (QED) is 0.575. The number of rotatable bonds is 6. The van der Waals surface area contributed by atoms with Gasteiger partial charge < -0.3 is 10.6 Å². The number of amides is 2. The Morgan fingerprint density at radius 2 is 1.84 bits per heavy atom. The van der Waals surface area contributed by atoms with Crippen molar-refractivity contribution in [3.8, 4) is 0 Å². The van der Waals surface area contributed by atoms with Crippen molar-refractivity contribution in [3.63, 3.8) is 0 Å². The number of nitrogens with zero attached hydrogens (tertiary/aromatic N) is 1. The number of anilines is 1. The first kappa shape index (κ1) is 17.9. The number of hydrogen-bond acceptors (Lipinski definition) is 5. The Morgan fingerprint density at radius 3 is 2.64 bits per heavy atom. The average Bonchev–Trinajstić information content (AvgIpc) is 3.03. The van der Waals surface area contributed by atoms with Crippen molar-refractivity contribution in [1.82, 2.24) is 10.3 Å². The van der Waals surface area contributed by atoms with Crippen molar-refractivity contribution in [2.45, 2.75) is 4.34 Å². The van der Waals surface area contributed by atoms with Crippen molar-refractivity contribution >= 4 is 66.7 Å². The molecule has 2 aromatic carbocycles. The molecule has 128 valence electrons. The summed E-state index contributed by atoms with van der Waals surface area (Å²) in [6, 6.07) is 15.2. The standard InChI is InChI=1S/C17H14BrN3O2S2/c18-11-5-1-2-6-12(11)20-15(22)9-19-16(23)10-24-17-21-13-7-3-4-8-14(13)25-17/h1-8H,9-10H2,(H,19,23)(H,20,22). The first-order valence-electron chi connectivity index (χ1n) is 7.41. The number of halogens is 1. The third-order valence-electron chi connectivity index (χ3n) is 3.20. The number of fused-ring (bicyclic) bond motifs is 1. The van der Waals surface area contributed by atoms with Crippen LogP contribution in [0, 0.1) is 0 Å². The molecule has 2 N–H and O–H groups in total. The summed E-state index contributed by atoms with van der Waals surface area (Å²) in [5, 5.41) is 5.36. The number of carbonyl (C=O) groups is 2. The van der Waals surface area contributed by atoms with Crippen LogP contribution >= 0.6 is 39.0 Å². The second kappa shape index (κ2) is 8.46. The molecule has 5 nitrogen and oxygen atoms in total. The van der Waals surface area contributed by atoms with Crippen LogP contribution in [-0.2, 0) is 9.59 Å². The molecule has 1 aromatic heterocycles. The van der Waals surface area contributed by atoms with E-state index < -0.39 is 0 Å². The van der Waals surface area contributed by atoms with Crippen LogP contribution in [0.4, 0.5) is 5.69 Å². The third-order valence-corrected chi connectivity index (χ3v) is 6.07. The second-order valence-corrected chi connectivity index (χ2v) is 8.15. The lowest BCUT2D eigenvalue weighted by molar-refractivity contribution is -0.122. The number of para-hydroxylation sites is 2. The van der Waals surface area contributed by atoms with Crippen LogP contribution < -0.4 is 10.6 Å². The highest BCUT2D eigenvalue weighted by Gasteiger charge is 2.10. The minimum atomic E-state index is -0.273. The second-order valence-electron chi connectivity index (χ2n) is 5.04. The number of nitrogens with one attached hydrogen (secondary N) is 2. The summed E-state index contributed by atoms with van der Waals surface area (Å²) in [6.07, 6.45) is 0. The van der Waals surface area contributed by atoms with E-state index in [2.05, 4.69) is 31.5 Å². The van der Waals surface area contributed by atoms with Gasteiger partial charge >= 0.3 is 0 Å². The van der Waals surface area contributed by atoms with Crippen molar-refractivity contribution in [1.29, 1.82) is 0 Å². The van der Waals surface area contributed by atoms with Crippen LogP contribution in [0.5, 0.6) is 0 Å². The van der Waals surface area contributed by atoms with Gasteiger partial charge in [-0.2, -0.15) is 0 Å². The summed E-state index contributed by atoms with van der Waals surface area (Å²) < 4.78 is 2.73. The molecule has 0 aliphatic heterocycles. The minimum absolute atomic E-state index is 0.0689. The van der Waals surface area contributed by atoms with Gasteiger partial charge in [-0.3, -0.25) is 9.59 Å². The zero-order valence-corrected chi connectivity index (χ0v) is 16.2. The first-order valence-corrected chi connectivity index (χ1v) is 10.0. The van der Waals surface area contributed by atoms with Gasteiger partial charge in [-0.15, -0.1) is 11.3 Å². The lowest BCUT2D eigenvalue weighted by Gasteiger charge is -2.08. The maximum Gasteiger partial charge on any atom is 0.243 e. The molecule has 0 aliphatic rings. The fourth-order valence-electron chi connectivity index (χ4n) is 2.03. The molecule has 1 heterocycles. The summed E-state index contributed by atoms with van der Waals surface area (Å²) >= 11 is 6.28. The molecule has 2 amide bonds. The van der Waals surface area contributed by atoms with Gasteiger partial charge in [-0.1, -0.05) is 36.0 Å². The van der Waals surface area contributed by atoms with E-state index in [1.807, 2.05) is 42.5 Å². The minimum Gasteiger partial charge on any atom is -0.346 e. The molecule has 8 heteroatoms. The predicted octanol–water partition coefficient (Wildman–Crippen LogP) is 3.91. The lowest BCUT2D eigenvalue weighted by atomic mass is 10.3. The summed E-state index contributed by atoms with van der Waals surface area (Å²) in [5.41, 5.74) is 1.61. The highest BCUT2D eigenvalue weighted by Crippen LogP contribution is 2.29. The normalized spacial score (nSPS) is 10.6. The van der Waals surface area contributed by atoms with Gasteiger partial charge in [0.15, 0.2) is 4.34 Å². The molecule has 0 atom stereocenters. The van der Waals surface area contributed by atoms with Crippen molar-refractivity contribution in [3.05, 3.63) is 53.0 Å². The molecule has 0 saturated carbocycles. The molecule has 25 heavy (non-hydrogen) atoms. The summed E-state index contributed by atoms with van der Waals surface area (Å²) in [4.78, 5) is 28.3. The van der Waals surface area contributed by atoms with E-state index in [1.165, 1.54) is 11.8 Å². The fourth-order valence-corrected chi connectivity index (χ4v) is 4.31. The molecule has 3 rings (SSSR count). The number of thiazole rings is 1. The van der Waals surface area contributed by atoms with Crippen LogP contribution in [0.3, 0.4) is 0 Å². The van der Waals surface area contributed by atoms with E-state index in [1.54, 1.807) is 17.4 Å². The van der Waals surface area contributed by atoms with E-state index in [9.17, 15) is 9.59 Å². The Kier molecular flexibility index (Phi) is 6.06. The molecule has 0 spiro atoms. The Balaban J connectivity index is 1.44. The summed E-state index contributed by atoms with van der Waals surface area (Å²) in [5.74, 6) is -0.251. The maximum absolute atomic E-state index is 11.9. The lowest BCUT2D eigenvalue weighted by Crippen LogP contribution is -2.33. The van der Waals surface area contributed by atoms with Crippen molar-refractivity contribution < 1.29 is 9.59 Å². The van der Waals surface area contributed by atoms with Gasteiger partial charge in [0.2, 0.25) is 11.8 Å². The highest BCUT2D eigenvalue weighted by atomic mass is 79.9. The molecule has 0 bridgehead atoms. The number of hydrogen-bond donors (Lipinski definition) is 2. The van der Waals surface area contributed by atoms with Crippen molar-refractivity contribution in [2.24, 2.45) is 0 Å².